The van der Waals surface area contributed by atoms with Crippen LogP contribution in [-0.2, 0) is 0 Å². The standard InChI is InChI=1S/C20H23NS2/c1-4-6-7-12-18(5-2)23-19-13-8-10-17(11-9-14-19)20-15-21-16(3)22-20/h2,4,6,8,10,12,14-15,17H,7,9,11,13H2,1,3H3/b6-4-,10-8?,18-12?,19-14+. The molecular formula is C20H23NS2. The molecule has 120 valence electrons. The van der Waals surface area contributed by atoms with Crippen LogP contribution in [0.1, 0.15) is 48.4 Å². The molecule has 1 unspecified atom stereocenters. The van der Waals surface area contributed by atoms with Gasteiger partial charge in [0.15, 0.2) is 0 Å². The van der Waals surface area contributed by atoms with Gasteiger partial charge in [0.05, 0.1) is 9.91 Å². The van der Waals surface area contributed by atoms with E-state index in [0.717, 1.165) is 35.6 Å². The molecule has 0 saturated carbocycles. The van der Waals surface area contributed by atoms with Gasteiger partial charge in [0.2, 0.25) is 0 Å². The SMILES string of the molecule is C#CC(=CC/C=C\C)S/C1=C/CCC(c2cnc(C)s2)C=CC1. The van der Waals surface area contributed by atoms with Gasteiger partial charge in [-0.1, -0.05) is 54.1 Å². The van der Waals surface area contributed by atoms with Crippen LogP contribution in [-0.4, -0.2) is 4.98 Å². The molecule has 1 aromatic heterocycles. The molecule has 1 atom stereocenters. The fraction of sp³-hybridized carbons (Fsp3) is 0.350. The smallest absolute Gasteiger partial charge is 0.0896 e. The summed E-state index contributed by atoms with van der Waals surface area (Å²) in [5.74, 6) is 3.30. The molecule has 0 aromatic carbocycles. The van der Waals surface area contributed by atoms with Crippen LogP contribution in [0.4, 0.5) is 0 Å². The first-order valence-electron chi connectivity index (χ1n) is 7.96. The number of hydrogen-bond acceptors (Lipinski definition) is 3. The zero-order valence-corrected chi connectivity index (χ0v) is 15.4. The van der Waals surface area contributed by atoms with Crippen molar-refractivity contribution in [1.29, 1.82) is 0 Å². The van der Waals surface area contributed by atoms with E-state index in [1.54, 1.807) is 23.1 Å². The Morgan fingerprint density at radius 3 is 3.13 bits per heavy atom. The van der Waals surface area contributed by atoms with Gasteiger partial charge in [-0.05, 0) is 44.4 Å². The maximum absolute atomic E-state index is 5.63. The second-order valence-electron chi connectivity index (χ2n) is 5.39. The Labute approximate surface area is 148 Å². The molecule has 1 aromatic rings. The number of thiazole rings is 1. The topological polar surface area (TPSA) is 12.9 Å². The molecule has 23 heavy (non-hydrogen) atoms. The summed E-state index contributed by atoms with van der Waals surface area (Å²) in [4.78, 5) is 8.11. The number of aromatic nitrogens is 1. The molecule has 1 aliphatic rings. The van der Waals surface area contributed by atoms with E-state index < -0.39 is 0 Å². The summed E-state index contributed by atoms with van der Waals surface area (Å²) in [6.45, 7) is 4.09. The Kier molecular flexibility index (Phi) is 7.45. The molecule has 0 saturated heterocycles. The third kappa shape index (κ3) is 5.89. The number of thioether (sulfide) groups is 1. The van der Waals surface area contributed by atoms with Crippen molar-refractivity contribution in [1.82, 2.24) is 4.98 Å². The molecule has 1 nitrogen and oxygen atoms in total. The molecule has 0 N–H and O–H groups in total. The van der Waals surface area contributed by atoms with Crippen LogP contribution < -0.4 is 0 Å². The molecule has 0 bridgehead atoms. The van der Waals surface area contributed by atoms with Gasteiger partial charge in [-0.25, -0.2) is 4.98 Å². The first-order valence-corrected chi connectivity index (χ1v) is 9.60. The molecule has 1 heterocycles. The van der Waals surface area contributed by atoms with Gasteiger partial charge >= 0.3 is 0 Å². The largest absolute Gasteiger partial charge is 0.250 e. The van der Waals surface area contributed by atoms with Gasteiger partial charge in [0.25, 0.3) is 0 Å². The van der Waals surface area contributed by atoms with Crippen molar-refractivity contribution < 1.29 is 0 Å². The van der Waals surface area contributed by atoms with E-state index in [1.807, 2.05) is 13.1 Å². The van der Waals surface area contributed by atoms with Crippen molar-refractivity contribution in [3.63, 3.8) is 0 Å². The lowest BCUT2D eigenvalue weighted by atomic mass is 9.99. The number of nitrogens with zero attached hydrogens (tertiary/aromatic N) is 1. The number of hydrogen-bond donors (Lipinski definition) is 0. The number of allylic oxidation sites excluding steroid dienone is 8. The summed E-state index contributed by atoms with van der Waals surface area (Å²) in [5, 5.41) is 1.15. The lowest BCUT2D eigenvalue weighted by Gasteiger charge is -2.13. The first-order chi connectivity index (χ1) is 11.2. The monoisotopic (exact) mass is 341 g/mol. The third-order valence-corrected chi connectivity index (χ3v) is 5.74. The summed E-state index contributed by atoms with van der Waals surface area (Å²) in [6, 6.07) is 0. The average Bonchev–Trinajstić information content (AvgIpc) is 2.95. The van der Waals surface area contributed by atoms with Crippen molar-refractivity contribution >= 4 is 23.1 Å². The molecule has 0 fully saturated rings. The second-order valence-corrected chi connectivity index (χ2v) is 7.82. The maximum atomic E-state index is 5.63. The van der Waals surface area contributed by atoms with E-state index in [2.05, 4.69) is 54.3 Å². The lowest BCUT2D eigenvalue weighted by molar-refractivity contribution is 0.752. The van der Waals surface area contributed by atoms with Crippen molar-refractivity contribution in [2.24, 2.45) is 0 Å². The van der Waals surface area contributed by atoms with Gasteiger partial charge in [0, 0.05) is 17.0 Å². The minimum atomic E-state index is 0.501. The van der Waals surface area contributed by atoms with Crippen LogP contribution in [0, 0.1) is 19.3 Å². The molecule has 3 heteroatoms. The Hall–Kier alpha value is -1.50. The third-order valence-electron chi connectivity index (χ3n) is 3.60. The highest BCUT2D eigenvalue weighted by molar-refractivity contribution is 8.07. The predicted molar refractivity (Wildman–Crippen MR) is 105 cm³/mol. The fourth-order valence-electron chi connectivity index (χ4n) is 2.40. The van der Waals surface area contributed by atoms with Crippen molar-refractivity contribution in [3.05, 3.63) is 62.3 Å². The molecule has 0 spiro atoms. The maximum Gasteiger partial charge on any atom is 0.0896 e. The number of rotatable bonds is 5. The molecule has 0 aliphatic heterocycles. The van der Waals surface area contributed by atoms with Gasteiger partial charge in [-0.3, -0.25) is 0 Å². The highest BCUT2D eigenvalue weighted by Gasteiger charge is 2.12. The summed E-state index contributed by atoms with van der Waals surface area (Å²) in [6.07, 6.45) is 25.0. The zero-order chi connectivity index (χ0) is 16.5. The Morgan fingerprint density at radius 2 is 2.43 bits per heavy atom. The van der Waals surface area contributed by atoms with Crippen molar-refractivity contribution in [3.8, 4) is 12.3 Å². The molecule has 2 rings (SSSR count). The highest BCUT2D eigenvalue weighted by Crippen LogP contribution is 2.34. The Balaban J connectivity index is 1.96. The molecule has 0 radical (unpaired) electrons. The Bertz CT molecular complexity index is 668. The number of terminal acetylenes is 1. The van der Waals surface area contributed by atoms with E-state index in [1.165, 1.54) is 9.78 Å². The van der Waals surface area contributed by atoms with Crippen molar-refractivity contribution in [2.45, 2.75) is 45.4 Å². The van der Waals surface area contributed by atoms with E-state index in [0.29, 0.717) is 5.92 Å². The average molecular weight is 342 g/mol. The normalized spacial score (nSPS) is 21.5. The van der Waals surface area contributed by atoms with E-state index >= 15 is 0 Å². The van der Waals surface area contributed by atoms with E-state index in [4.69, 9.17) is 6.42 Å². The summed E-state index contributed by atoms with van der Waals surface area (Å²) in [7, 11) is 0. The van der Waals surface area contributed by atoms with Crippen LogP contribution in [0.2, 0.25) is 0 Å². The van der Waals surface area contributed by atoms with Crippen LogP contribution >= 0.6 is 23.1 Å². The van der Waals surface area contributed by atoms with E-state index in [-0.39, 0.29) is 0 Å². The Morgan fingerprint density at radius 1 is 1.57 bits per heavy atom. The van der Waals surface area contributed by atoms with Crippen molar-refractivity contribution in [2.75, 3.05) is 0 Å². The summed E-state index contributed by atoms with van der Waals surface area (Å²) < 4.78 is 0. The van der Waals surface area contributed by atoms with Crippen LogP contribution in [0.3, 0.4) is 0 Å². The first kappa shape index (κ1) is 17.8. The zero-order valence-electron chi connectivity index (χ0n) is 13.8. The number of aryl methyl sites for hydroxylation is 1. The molecule has 1 aliphatic carbocycles. The van der Waals surface area contributed by atoms with Gasteiger partial charge in [-0.2, -0.15) is 0 Å². The van der Waals surface area contributed by atoms with Gasteiger partial charge in [-0.15, -0.1) is 17.8 Å². The van der Waals surface area contributed by atoms with Crippen LogP contribution in [0.25, 0.3) is 0 Å². The lowest BCUT2D eigenvalue weighted by Crippen LogP contribution is -1.94. The minimum Gasteiger partial charge on any atom is -0.250 e. The molecular weight excluding hydrogens is 318 g/mol. The highest BCUT2D eigenvalue weighted by atomic mass is 32.2. The van der Waals surface area contributed by atoms with Gasteiger partial charge < -0.3 is 0 Å². The van der Waals surface area contributed by atoms with Gasteiger partial charge in [0.1, 0.15) is 0 Å². The second kappa shape index (κ2) is 9.60. The van der Waals surface area contributed by atoms with E-state index in [9.17, 15) is 0 Å². The minimum absolute atomic E-state index is 0.501. The molecule has 0 amide bonds. The van der Waals surface area contributed by atoms with Crippen LogP contribution in [0.15, 0.2) is 52.5 Å². The summed E-state index contributed by atoms with van der Waals surface area (Å²) in [5.41, 5.74) is 0. The van der Waals surface area contributed by atoms with Crippen LogP contribution in [0.5, 0.6) is 0 Å². The predicted octanol–water partition coefficient (Wildman–Crippen LogP) is 6.38. The summed E-state index contributed by atoms with van der Waals surface area (Å²) >= 11 is 3.54. The fourth-order valence-corrected chi connectivity index (χ4v) is 4.21. The quantitative estimate of drug-likeness (QED) is 0.455.